The number of rotatable bonds is 4. The van der Waals surface area contributed by atoms with E-state index in [1.54, 1.807) is 4.90 Å². The lowest BCUT2D eigenvalue weighted by Gasteiger charge is -2.26. The number of nitrogens with one attached hydrogen (secondary N) is 1. The Kier molecular flexibility index (Phi) is 6.25. The summed E-state index contributed by atoms with van der Waals surface area (Å²) in [6, 6.07) is 11.5. The van der Waals surface area contributed by atoms with Gasteiger partial charge in [-0.1, -0.05) is 36.4 Å². The maximum absolute atomic E-state index is 13.2. The number of carbonyl (C=O) groups excluding carboxylic acids is 2. The molecule has 1 N–H and O–H groups in total. The first-order valence-electron chi connectivity index (χ1n) is 9.58. The van der Waals surface area contributed by atoms with Crippen LogP contribution in [0.3, 0.4) is 0 Å². The van der Waals surface area contributed by atoms with Crippen LogP contribution in [0.2, 0.25) is 0 Å². The largest absolute Gasteiger partial charge is 0.417 e. The van der Waals surface area contributed by atoms with Crippen LogP contribution in [-0.2, 0) is 17.5 Å². The van der Waals surface area contributed by atoms with Crippen LogP contribution in [0.25, 0.3) is 0 Å². The smallest absolute Gasteiger partial charge is 0.340 e. The summed E-state index contributed by atoms with van der Waals surface area (Å²) in [5, 5.41) is 2.54. The van der Waals surface area contributed by atoms with E-state index in [0.717, 1.165) is 29.7 Å². The van der Waals surface area contributed by atoms with E-state index in [1.807, 2.05) is 31.2 Å². The number of halogens is 3. The number of carbonyl (C=O) groups is 2. The van der Waals surface area contributed by atoms with Crippen molar-refractivity contribution < 1.29 is 22.8 Å². The Morgan fingerprint density at radius 1 is 1.10 bits per heavy atom. The molecule has 1 fully saturated rings. The van der Waals surface area contributed by atoms with Crippen molar-refractivity contribution >= 4 is 11.8 Å². The second-order valence-corrected chi connectivity index (χ2v) is 7.25. The first-order valence-corrected chi connectivity index (χ1v) is 9.58. The molecule has 3 rings (SSSR count). The van der Waals surface area contributed by atoms with E-state index in [-0.39, 0.29) is 5.91 Å². The molecule has 0 saturated carbocycles. The van der Waals surface area contributed by atoms with Gasteiger partial charge in [0.05, 0.1) is 11.1 Å². The van der Waals surface area contributed by atoms with Gasteiger partial charge < -0.3 is 10.2 Å². The van der Waals surface area contributed by atoms with Gasteiger partial charge in [-0.2, -0.15) is 13.2 Å². The number of aryl methyl sites for hydroxylation is 1. The lowest BCUT2D eigenvalue weighted by Crippen LogP contribution is -2.47. The monoisotopic (exact) mass is 404 g/mol. The molecule has 1 aliphatic rings. The van der Waals surface area contributed by atoms with Crippen LogP contribution in [0.15, 0.2) is 48.5 Å². The molecule has 0 radical (unpaired) electrons. The topological polar surface area (TPSA) is 49.4 Å². The Balaban J connectivity index is 1.77. The normalized spacial score (nSPS) is 17.7. The maximum Gasteiger partial charge on any atom is 0.417 e. The molecular weight excluding hydrogens is 381 g/mol. The maximum atomic E-state index is 13.2. The van der Waals surface area contributed by atoms with E-state index in [4.69, 9.17) is 0 Å². The molecule has 1 aliphatic heterocycles. The van der Waals surface area contributed by atoms with Crippen molar-refractivity contribution in [3.05, 3.63) is 70.8 Å². The minimum absolute atomic E-state index is 0.261. The minimum atomic E-state index is -4.64. The fourth-order valence-electron chi connectivity index (χ4n) is 3.55. The average Bonchev–Trinajstić information content (AvgIpc) is 2.85. The molecule has 1 saturated heterocycles. The molecule has 0 aromatic heterocycles. The van der Waals surface area contributed by atoms with Gasteiger partial charge in [0.15, 0.2) is 0 Å². The highest BCUT2D eigenvalue weighted by molar-refractivity contribution is 5.98. The van der Waals surface area contributed by atoms with Crippen LogP contribution < -0.4 is 5.32 Å². The summed E-state index contributed by atoms with van der Waals surface area (Å²) < 4.78 is 39.6. The van der Waals surface area contributed by atoms with Crippen molar-refractivity contribution in [3.8, 4) is 0 Å². The lowest BCUT2D eigenvalue weighted by atomic mass is 10.0. The summed E-state index contributed by atoms with van der Waals surface area (Å²) in [4.78, 5) is 27.3. The first kappa shape index (κ1) is 20.9. The SMILES string of the molecule is Cc1ccccc1CN1CCCCC(NC(=O)c2ccccc2C(F)(F)F)C1=O. The van der Waals surface area contributed by atoms with Gasteiger partial charge in [-0.3, -0.25) is 9.59 Å². The van der Waals surface area contributed by atoms with E-state index >= 15 is 0 Å². The Morgan fingerprint density at radius 3 is 2.52 bits per heavy atom. The first-order chi connectivity index (χ1) is 13.8. The zero-order valence-electron chi connectivity index (χ0n) is 16.1. The molecule has 2 amide bonds. The van der Waals surface area contributed by atoms with Gasteiger partial charge in [0, 0.05) is 13.1 Å². The van der Waals surface area contributed by atoms with Crippen molar-refractivity contribution in [2.45, 2.75) is 44.9 Å². The Bertz CT molecular complexity index is 896. The number of likely N-dealkylation sites (tertiary alicyclic amines) is 1. The zero-order valence-corrected chi connectivity index (χ0v) is 16.1. The number of hydrogen-bond acceptors (Lipinski definition) is 2. The number of nitrogens with zero attached hydrogens (tertiary/aromatic N) is 1. The van der Waals surface area contributed by atoms with Gasteiger partial charge >= 0.3 is 6.18 Å². The second-order valence-electron chi connectivity index (χ2n) is 7.25. The molecule has 2 aromatic carbocycles. The predicted octanol–water partition coefficient (Wildman–Crippen LogP) is 4.32. The summed E-state index contributed by atoms with van der Waals surface area (Å²) in [6.07, 6.45) is -2.74. The predicted molar refractivity (Wildman–Crippen MR) is 103 cm³/mol. The van der Waals surface area contributed by atoms with Gasteiger partial charge in [-0.15, -0.1) is 0 Å². The van der Waals surface area contributed by atoms with Crippen molar-refractivity contribution in [3.63, 3.8) is 0 Å². The fraction of sp³-hybridized carbons (Fsp3) is 0.364. The van der Waals surface area contributed by atoms with E-state index in [1.165, 1.54) is 12.1 Å². The van der Waals surface area contributed by atoms with Crippen molar-refractivity contribution in [2.24, 2.45) is 0 Å². The molecular formula is C22H23F3N2O2. The molecule has 0 aliphatic carbocycles. The van der Waals surface area contributed by atoms with Crippen molar-refractivity contribution in [2.75, 3.05) is 6.54 Å². The van der Waals surface area contributed by atoms with Gasteiger partial charge in [-0.05, 0) is 49.4 Å². The van der Waals surface area contributed by atoms with Gasteiger partial charge in [0.25, 0.3) is 5.91 Å². The molecule has 0 spiro atoms. The van der Waals surface area contributed by atoms with E-state index in [0.29, 0.717) is 25.9 Å². The van der Waals surface area contributed by atoms with Gasteiger partial charge in [0.1, 0.15) is 6.04 Å². The zero-order chi connectivity index (χ0) is 21.0. The third-order valence-corrected chi connectivity index (χ3v) is 5.19. The summed E-state index contributed by atoms with van der Waals surface area (Å²) in [5.74, 6) is -1.14. The number of amides is 2. The van der Waals surface area contributed by atoms with E-state index in [9.17, 15) is 22.8 Å². The highest BCUT2D eigenvalue weighted by Gasteiger charge is 2.36. The minimum Gasteiger partial charge on any atom is -0.340 e. The highest BCUT2D eigenvalue weighted by Crippen LogP contribution is 2.32. The van der Waals surface area contributed by atoms with Crippen LogP contribution in [0.1, 0.15) is 46.3 Å². The van der Waals surface area contributed by atoms with Crippen LogP contribution in [0.5, 0.6) is 0 Å². The molecule has 2 aromatic rings. The van der Waals surface area contributed by atoms with Gasteiger partial charge in [0.2, 0.25) is 5.91 Å². The Morgan fingerprint density at radius 2 is 1.79 bits per heavy atom. The summed E-state index contributed by atoms with van der Waals surface area (Å²) in [5.41, 5.74) is 0.595. The van der Waals surface area contributed by atoms with Crippen molar-refractivity contribution in [1.82, 2.24) is 10.2 Å². The molecule has 7 heteroatoms. The molecule has 29 heavy (non-hydrogen) atoms. The van der Waals surface area contributed by atoms with Crippen LogP contribution in [0, 0.1) is 6.92 Å². The molecule has 1 atom stereocenters. The molecule has 4 nitrogen and oxygen atoms in total. The second kappa shape index (κ2) is 8.68. The van der Waals surface area contributed by atoms with Crippen LogP contribution in [0.4, 0.5) is 13.2 Å². The highest BCUT2D eigenvalue weighted by atomic mass is 19.4. The third kappa shape index (κ3) is 4.96. The number of hydrogen-bond donors (Lipinski definition) is 1. The summed E-state index contributed by atoms with van der Waals surface area (Å²) in [7, 11) is 0. The number of benzene rings is 2. The lowest BCUT2D eigenvalue weighted by molar-refractivity contribution is -0.137. The summed E-state index contributed by atoms with van der Waals surface area (Å²) in [6.45, 7) is 2.93. The molecule has 1 unspecified atom stereocenters. The van der Waals surface area contributed by atoms with E-state index < -0.39 is 29.3 Å². The Hall–Kier alpha value is -2.83. The molecule has 1 heterocycles. The Labute approximate surface area is 167 Å². The van der Waals surface area contributed by atoms with Gasteiger partial charge in [-0.25, -0.2) is 0 Å². The standard InChI is InChI=1S/C22H23F3N2O2/c1-15-8-2-3-9-16(15)14-27-13-7-6-12-19(21(27)29)26-20(28)17-10-4-5-11-18(17)22(23,24)25/h2-5,8-11,19H,6-7,12-14H2,1H3,(H,26,28). The van der Waals surface area contributed by atoms with Crippen molar-refractivity contribution in [1.29, 1.82) is 0 Å². The fourth-order valence-corrected chi connectivity index (χ4v) is 3.55. The summed E-state index contributed by atoms with van der Waals surface area (Å²) >= 11 is 0. The third-order valence-electron chi connectivity index (χ3n) is 5.19. The number of alkyl halides is 3. The van der Waals surface area contributed by atoms with Crippen LogP contribution in [-0.4, -0.2) is 29.3 Å². The quantitative estimate of drug-likeness (QED) is 0.825. The molecule has 0 bridgehead atoms. The molecule has 154 valence electrons. The average molecular weight is 404 g/mol. The van der Waals surface area contributed by atoms with Crippen LogP contribution >= 0.6 is 0 Å². The van der Waals surface area contributed by atoms with E-state index in [2.05, 4.69) is 5.32 Å².